The van der Waals surface area contributed by atoms with Gasteiger partial charge in [0.2, 0.25) is 6.54 Å². The van der Waals surface area contributed by atoms with Crippen LogP contribution < -0.4 is 0 Å². The van der Waals surface area contributed by atoms with Gasteiger partial charge in [0, 0.05) is 0 Å². The molecule has 2 atom stereocenters. The summed E-state index contributed by atoms with van der Waals surface area (Å²) >= 11 is 0. The first-order valence-corrected chi connectivity index (χ1v) is 8.10. The lowest BCUT2D eigenvalue weighted by molar-refractivity contribution is -0.435. The first kappa shape index (κ1) is 19.3. The average molecular weight is 358 g/mol. The Kier molecular flexibility index (Phi) is 5.90. The molecule has 0 saturated heterocycles. The van der Waals surface area contributed by atoms with Gasteiger partial charge >= 0.3 is 17.8 Å². The first-order valence-electron chi connectivity index (χ1n) is 8.10. The van der Waals surface area contributed by atoms with Crippen molar-refractivity contribution in [3.63, 3.8) is 0 Å². The lowest BCUT2D eigenvalue weighted by Gasteiger charge is -2.18. The minimum absolute atomic E-state index is 0.0547. The van der Waals surface area contributed by atoms with Gasteiger partial charge in [0.25, 0.3) is 0 Å². The molecular weight excluding hydrogens is 338 g/mol. The number of carboxylic acid groups (broad SMARTS) is 2. The van der Waals surface area contributed by atoms with Crippen LogP contribution in [0.1, 0.15) is 36.3 Å². The number of benzene rings is 1. The Hall–Kier alpha value is -2.98. The zero-order valence-corrected chi connectivity index (χ0v) is 14.1. The molecule has 0 aromatic heterocycles. The van der Waals surface area contributed by atoms with Gasteiger partial charge in [0.1, 0.15) is 6.42 Å². The van der Waals surface area contributed by atoms with Crippen molar-refractivity contribution in [2.24, 2.45) is 0 Å². The largest absolute Gasteiger partial charge is 0.481 e. The van der Waals surface area contributed by atoms with Crippen molar-refractivity contribution in [3.8, 4) is 12.3 Å². The van der Waals surface area contributed by atoms with Crippen LogP contribution in [-0.2, 0) is 20.8 Å². The number of carbonyl (C=O) groups is 3. The van der Waals surface area contributed by atoms with Crippen LogP contribution in [0.15, 0.2) is 24.3 Å². The highest BCUT2D eigenvalue weighted by Gasteiger charge is 2.44. The summed E-state index contributed by atoms with van der Waals surface area (Å²) < 4.78 is 1.18. The molecular formula is C19H20NO6+. The van der Waals surface area contributed by atoms with Gasteiger partial charge in [-0.3, -0.25) is 4.79 Å². The van der Waals surface area contributed by atoms with Crippen LogP contribution in [0.25, 0.3) is 0 Å². The van der Waals surface area contributed by atoms with Crippen molar-refractivity contribution in [1.82, 2.24) is 0 Å². The van der Waals surface area contributed by atoms with E-state index in [0.717, 1.165) is 18.4 Å². The molecule has 0 heterocycles. The van der Waals surface area contributed by atoms with Crippen LogP contribution in [-0.4, -0.2) is 56.1 Å². The number of hydrogen-bond acceptors (Lipinski definition) is 4. The van der Waals surface area contributed by atoms with Crippen molar-refractivity contribution < 1.29 is 34.3 Å². The summed E-state index contributed by atoms with van der Waals surface area (Å²) in [6, 6.07) is 7.80. The molecule has 7 heteroatoms. The van der Waals surface area contributed by atoms with Crippen LogP contribution in [0.5, 0.6) is 0 Å². The average Bonchev–Trinajstić information content (AvgIpc) is 2.96. The van der Waals surface area contributed by atoms with E-state index in [0.29, 0.717) is 0 Å². The van der Waals surface area contributed by atoms with Crippen LogP contribution in [0.2, 0.25) is 0 Å². The Labute approximate surface area is 150 Å². The van der Waals surface area contributed by atoms with Gasteiger partial charge in [-0.1, -0.05) is 24.3 Å². The number of rotatable bonds is 7. The summed E-state index contributed by atoms with van der Waals surface area (Å²) in [4.78, 5) is 34.6. The molecule has 1 amide bonds. The molecule has 0 bridgehead atoms. The van der Waals surface area contributed by atoms with Crippen LogP contribution in [0.3, 0.4) is 0 Å². The number of carboxylic acids is 2. The number of terminal acetylenes is 1. The lowest BCUT2D eigenvalue weighted by atomic mass is 9.95. The molecule has 1 aliphatic rings. The third kappa shape index (κ3) is 4.35. The van der Waals surface area contributed by atoms with Gasteiger partial charge in [-0.15, -0.1) is 6.42 Å². The summed E-state index contributed by atoms with van der Waals surface area (Å²) in [7, 11) is 0. The van der Waals surface area contributed by atoms with Crippen LogP contribution in [0.4, 0.5) is 0 Å². The Morgan fingerprint density at radius 1 is 1.27 bits per heavy atom. The minimum Gasteiger partial charge on any atom is -0.481 e. The molecule has 0 spiro atoms. The number of nitrogens with zero attached hydrogens (tertiary/aromatic N) is 1. The number of carbonyl (C=O) groups excluding carboxylic acids is 1. The van der Waals surface area contributed by atoms with E-state index in [4.69, 9.17) is 16.6 Å². The maximum Gasteiger partial charge on any atom is 0.391 e. The third-order valence-electron chi connectivity index (χ3n) is 4.41. The monoisotopic (exact) mass is 358 g/mol. The standard InChI is InChI=1S/C19H19NO6/c1-2-9-20(12-14-8-7-13-5-3-4-6-15(13)14)16(21)10-19(26,18(24)25)11-17(22)23/h1,3-6,12,14,26H,7-11H2,(H-,22,23,24,25)/p+1. The van der Waals surface area contributed by atoms with E-state index in [1.165, 1.54) is 10.1 Å². The van der Waals surface area contributed by atoms with E-state index in [1.807, 2.05) is 24.3 Å². The molecule has 2 unspecified atom stereocenters. The van der Waals surface area contributed by atoms with E-state index >= 15 is 0 Å². The van der Waals surface area contributed by atoms with Gasteiger partial charge in [-0.2, -0.15) is 4.58 Å². The summed E-state index contributed by atoms with van der Waals surface area (Å²) in [5.41, 5.74) is -0.437. The topological polar surface area (TPSA) is 115 Å². The number of aliphatic hydroxyl groups is 1. The Bertz CT molecular complexity index is 806. The predicted octanol–water partition coefficient (Wildman–Crippen LogP) is 0.640. The van der Waals surface area contributed by atoms with Gasteiger partial charge in [0.15, 0.2) is 11.8 Å². The van der Waals surface area contributed by atoms with Gasteiger partial charge < -0.3 is 15.3 Å². The Balaban J connectivity index is 2.27. The number of amides is 1. The zero-order chi connectivity index (χ0) is 19.3. The highest BCUT2D eigenvalue weighted by Crippen LogP contribution is 2.31. The molecule has 7 nitrogen and oxygen atoms in total. The fraction of sp³-hybridized carbons (Fsp3) is 0.368. The molecule has 0 radical (unpaired) electrons. The molecule has 136 valence electrons. The maximum absolute atomic E-state index is 12.5. The van der Waals surface area contributed by atoms with E-state index in [1.54, 1.807) is 6.21 Å². The zero-order valence-electron chi connectivity index (χ0n) is 14.1. The molecule has 1 aromatic rings. The molecule has 0 fully saturated rings. The Morgan fingerprint density at radius 2 is 1.96 bits per heavy atom. The predicted molar refractivity (Wildman–Crippen MR) is 92.0 cm³/mol. The third-order valence-corrected chi connectivity index (χ3v) is 4.41. The summed E-state index contributed by atoms with van der Waals surface area (Å²) in [6.07, 6.45) is 6.62. The van der Waals surface area contributed by atoms with E-state index in [2.05, 4.69) is 5.92 Å². The van der Waals surface area contributed by atoms with Crippen LogP contribution >= 0.6 is 0 Å². The SMILES string of the molecule is C#CC[N+](=CC1CCc2ccccc21)C(=O)CC(O)(CC(=O)O)C(=O)O. The van der Waals surface area contributed by atoms with E-state index < -0.39 is 36.3 Å². The smallest absolute Gasteiger partial charge is 0.391 e. The summed E-state index contributed by atoms with van der Waals surface area (Å²) in [5, 5.41) is 28.0. The second kappa shape index (κ2) is 7.93. The number of fused-ring (bicyclic) bond motifs is 1. The molecule has 0 aliphatic heterocycles. The molecule has 2 rings (SSSR count). The molecule has 1 aliphatic carbocycles. The van der Waals surface area contributed by atoms with Crippen molar-refractivity contribution >= 4 is 24.1 Å². The van der Waals surface area contributed by atoms with E-state index in [-0.39, 0.29) is 12.5 Å². The molecule has 1 aromatic carbocycles. The van der Waals surface area contributed by atoms with Crippen LogP contribution in [0, 0.1) is 12.3 Å². The van der Waals surface area contributed by atoms with Gasteiger partial charge in [-0.05, 0) is 29.9 Å². The normalized spacial score (nSPS) is 18.5. The second-order valence-corrected chi connectivity index (χ2v) is 6.30. The minimum atomic E-state index is -2.68. The number of hydrogen-bond donors (Lipinski definition) is 3. The quantitative estimate of drug-likeness (QED) is 0.374. The fourth-order valence-corrected chi connectivity index (χ4v) is 3.10. The van der Waals surface area contributed by atoms with E-state index in [9.17, 15) is 19.5 Å². The fourth-order valence-electron chi connectivity index (χ4n) is 3.10. The maximum atomic E-state index is 12.5. The molecule has 26 heavy (non-hydrogen) atoms. The van der Waals surface area contributed by atoms with Crippen molar-refractivity contribution in [3.05, 3.63) is 35.4 Å². The lowest BCUT2D eigenvalue weighted by Crippen LogP contribution is -2.45. The van der Waals surface area contributed by atoms with Crippen molar-refractivity contribution in [2.45, 2.75) is 37.2 Å². The highest BCUT2D eigenvalue weighted by atomic mass is 16.4. The van der Waals surface area contributed by atoms with Crippen molar-refractivity contribution in [2.75, 3.05) is 6.54 Å². The first-order chi connectivity index (χ1) is 12.3. The molecule has 3 N–H and O–H groups in total. The second-order valence-electron chi connectivity index (χ2n) is 6.30. The number of aliphatic carboxylic acids is 2. The van der Waals surface area contributed by atoms with Crippen molar-refractivity contribution in [1.29, 1.82) is 0 Å². The molecule has 0 saturated carbocycles. The summed E-state index contributed by atoms with van der Waals surface area (Å²) in [6.45, 7) is -0.0970. The summed E-state index contributed by atoms with van der Waals surface area (Å²) in [5.74, 6) is -1.74. The van der Waals surface area contributed by atoms with Gasteiger partial charge in [-0.25, -0.2) is 9.59 Å². The number of aryl methyl sites for hydroxylation is 1. The Morgan fingerprint density at radius 3 is 2.58 bits per heavy atom. The van der Waals surface area contributed by atoms with Gasteiger partial charge in [0.05, 0.1) is 12.3 Å². The highest BCUT2D eigenvalue weighted by molar-refractivity contribution is 5.89.